The minimum Gasteiger partial charge on any atom is -0.477 e. The van der Waals surface area contributed by atoms with Crippen LogP contribution < -0.4 is 5.56 Å². The van der Waals surface area contributed by atoms with Crippen LogP contribution in [0.3, 0.4) is 0 Å². The first-order valence-electron chi connectivity index (χ1n) is 5.64. The van der Waals surface area contributed by atoms with Gasteiger partial charge in [0.05, 0.1) is 0 Å². The molecule has 0 atom stereocenters. The molecule has 0 amide bonds. The van der Waals surface area contributed by atoms with Crippen molar-refractivity contribution in [3.05, 3.63) is 63.3 Å². The molecule has 2 rings (SSSR count). The highest BCUT2D eigenvalue weighted by atomic mass is 19.1. The standard InChI is InChI=1S/C14H12FNO3/c1-8-7-10(4-6-12(8)15)16-9(2)3-5-11(13(16)17)14(18)19/h3-7H,1-2H3,(H,18,19). The predicted molar refractivity (Wildman–Crippen MR) is 68.4 cm³/mol. The number of nitrogens with zero attached hydrogens (tertiary/aromatic N) is 1. The number of aryl methyl sites for hydroxylation is 2. The summed E-state index contributed by atoms with van der Waals surface area (Å²) in [6.45, 7) is 3.27. The van der Waals surface area contributed by atoms with Crippen molar-refractivity contribution in [3.63, 3.8) is 0 Å². The maximum atomic E-state index is 13.2. The Bertz CT molecular complexity index is 719. The highest BCUT2D eigenvalue weighted by Gasteiger charge is 2.14. The second kappa shape index (κ2) is 4.68. The van der Waals surface area contributed by atoms with E-state index in [0.29, 0.717) is 16.9 Å². The summed E-state index contributed by atoms with van der Waals surface area (Å²) in [4.78, 5) is 23.1. The Balaban J connectivity index is 2.74. The molecule has 1 aromatic carbocycles. The molecule has 0 aliphatic carbocycles. The zero-order chi connectivity index (χ0) is 14.2. The Kier molecular flexibility index (Phi) is 3.21. The fourth-order valence-corrected chi connectivity index (χ4v) is 1.88. The molecular weight excluding hydrogens is 249 g/mol. The summed E-state index contributed by atoms with van der Waals surface area (Å²) in [7, 11) is 0. The molecule has 0 aliphatic heterocycles. The predicted octanol–water partition coefficient (Wildman–Crippen LogP) is 2.29. The van der Waals surface area contributed by atoms with Crippen LogP contribution in [0.1, 0.15) is 21.6 Å². The van der Waals surface area contributed by atoms with Gasteiger partial charge in [-0.25, -0.2) is 9.18 Å². The lowest BCUT2D eigenvalue weighted by Crippen LogP contribution is -2.26. The van der Waals surface area contributed by atoms with Gasteiger partial charge in [-0.1, -0.05) is 0 Å². The van der Waals surface area contributed by atoms with Crippen molar-refractivity contribution >= 4 is 5.97 Å². The molecule has 1 N–H and O–H groups in total. The lowest BCUT2D eigenvalue weighted by molar-refractivity contribution is 0.0694. The minimum atomic E-state index is -1.28. The van der Waals surface area contributed by atoms with Gasteiger partial charge in [0, 0.05) is 11.4 Å². The summed E-state index contributed by atoms with van der Waals surface area (Å²) in [5.41, 5.74) is 0.487. The van der Waals surface area contributed by atoms with Crippen molar-refractivity contribution in [3.8, 4) is 5.69 Å². The summed E-state index contributed by atoms with van der Waals surface area (Å²) < 4.78 is 14.5. The van der Waals surface area contributed by atoms with Gasteiger partial charge in [-0.05, 0) is 49.7 Å². The van der Waals surface area contributed by atoms with Gasteiger partial charge in [0.25, 0.3) is 5.56 Å². The maximum absolute atomic E-state index is 13.2. The lowest BCUT2D eigenvalue weighted by atomic mass is 10.2. The van der Waals surface area contributed by atoms with Gasteiger partial charge in [-0.15, -0.1) is 0 Å². The number of hydrogen-bond acceptors (Lipinski definition) is 2. The van der Waals surface area contributed by atoms with E-state index >= 15 is 0 Å². The van der Waals surface area contributed by atoms with E-state index in [1.165, 1.54) is 28.8 Å². The molecule has 2 aromatic rings. The molecule has 0 saturated heterocycles. The summed E-state index contributed by atoms with van der Waals surface area (Å²) >= 11 is 0. The first-order valence-corrected chi connectivity index (χ1v) is 5.64. The van der Waals surface area contributed by atoms with Crippen LogP contribution >= 0.6 is 0 Å². The first kappa shape index (κ1) is 13.0. The molecule has 0 spiro atoms. The van der Waals surface area contributed by atoms with Crippen LogP contribution in [0.5, 0.6) is 0 Å². The van der Waals surface area contributed by atoms with E-state index in [1.807, 2.05) is 0 Å². The summed E-state index contributed by atoms with van der Waals surface area (Å²) in [6, 6.07) is 7.03. The van der Waals surface area contributed by atoms with Crippen molar-refractivity contribution in [2.45, 2.75) is 13.8 Å². The van der Waals surface area contributed by atoms with E-state index in [4.69, 9.17) is 5.11 Å². The van der Waals surface area contributed by atoms with Crippen molar-refractivity contribution in [2.75, 3.05) is 0 Å². The Morgan fingerprint density at radius 2 is 1.89 bits per heavy atom. The van der Waals surface area contributed by atoms with Crippen molar-refractivity contribution in [1.29, 1.82) is 0 Å². The van der Waals surface area contributed by atoms with E-state index in [1.54, 1.807) is 19.9 Å². The van der Waals surface area contributed by atoms with Gasteiger partial charge in [0.15, 0.2) is 0 Å². The van der Waals surface area contributed by atoms with Gasteiger partial charge >= 0.3 is 5.97 Å². The zero-order valence-electron chi connectivity index (χ0n) is 10.5. The smallest absolute Gasteiger partial charge is 0.341 e. The van der Waals surface area contributed by atoms with Crippen molar-refractivity contribution < 1.29 is 14.3 Å². The van der Waals surface area contributed by atoms with Crippen LogP contribution in [-0.4, -0.2) is 15.6 Å². The second-order valence-electron chi connectivity index (χ2n) is 4.27. The third-order valence-electron chi connectivity index (χ3n) is 2.91. The summed E-state index contributed by atoms with van der Waals surface area (Å²) in [6.07, 6.45) is 0. The van der Waals surface area contributed by atoms with Crippen molar-refractivity contribution in [2.24, 2.45) is 0 Å². The lowest BCUT2D eigenvalue weighted by Gasteiger charge is -2.11. The Hall–Kier alpha value is -2.43. The third-order valence-corrected chi connectivity index (χ3v) is 2.91. The highest BCUT2D eigenvalue weighted by molar-refractivity contribution is 5.87. The number of benzene rings is 1. The van der Waals surface area contributed by atoms with E-state index in [0.717, 1.165) is 0 Å². The fraction of sp³-hybridized carbons (Fsp3) is 0.143. The number of carbonyl (C=O) groups is 1. The van der Waals surface area contributed by atoms with Gasteiger partial charge < -0.3 is 5.11 Å². The van der Waals surface area contributed by atoms with E-state index < -0.39 is 11.5 Å². The molecular formula is C14H12FNO3. The topological polar surface area (TPSA) is 59.3 Å². The van der Waals surface area contributed by atoms with Crippen LogP contribution in [0, 0.1) is 19.7 Å². The number of aromatic nitrogens is 1. The molecule has 98 valence electrons. The van der Waals surface area contributed by atoms with Crippen LogP contribution in [0.2, 0.25) is 0 Å². The molecule has 19 heavy (non-hydrogen) atoms. The molecule has 1 aromatic heterocycles. The molecule has 5 heteroatoms. The van der Waals surface area contributed by atoms with Gasteiger partial charge in [-0.2, -0.15) is 0 Å². The molecule has 4 nitrogen and oxygen atoms in total. The Labute approximate surface area is 108 Å². The van der Waals surface area contributed by atoms with Crippen LogP contribution in [0.25, 0.3) is 5.69 Å². The number of carboxylic acids is 1. The zero-order valence-corrected chi connectivity index (χ0v) is 10.5. The van der Waals surface area contributed by atoms with E-state index in [2.05, 4.69) is 0 Å². The monoisotopic (exact) mass is 261 g/mol. The number of aromatic carboxylic acids is 1. The number of carboxylic acid groups (broad SMARTS) is 1. The van der Waals surface area contributed by atoms with Crippen LogP contribution in [0.15, 0.2) is 35.1 Å². The highest BCUT2D eigenvalue weighted by Crippen LogP contribution is 2.14. The molecule has 0 bridgehead atoms. The maximum Gasteiger partial charge on any atom is 0.341 e. The molecule has 0 radical (unpaired) electrons. The summed E-state index contributed by atoms with van der Waals surface area (Å²) in [5, 5.41) is 8.95. The largest absolute Gasteiger partial charge is 0.477 e. The van der Waals surface area contributed by atoms with Gasteiger partial charge in [0.1, 0.15) is 11.4 Å². The van der Waals surface area contributed by atoms with Crippen LogP contribution in [0.4, 0.5) is 4.39 Å². The normalized spacial score (nSPS) is 10.5. The van der Waals surface area contributed by atoms with Crippen LogP contribution in [-0.2, 0) is 0 Å². The number of halogens is 1. The third kappa shape index (κ3) is 2.27. The molecule has 0 fully saturated rings. The molecule has 0 aliphatic rings. The molecule has 0 unspecified atom stereocenters. The summed E-state index contributed by atoms with van der Waals surface area (Å²) in [5.74, 6) is -1.65. The van der Waals surface area contributed by atoms with E-state index in [9.17, 15) is 14.0 Å². The first-order chi connectivity index (χ1) is 8.91. The second-order valence-corrected chi connectivity index (χ2v) is 4.27. The SMILES string of the molecule is Cc1cc(-n2c(C)ccc(C(=O)O)c2=O)ccc1F. The van der Waals surface area contributed by atoms with Gasteiger partial charge in [-0.3, -0.25) is 9.36 Å². The number of rotatable bonds is 2. The quantitative estimate of drug-likeness (QED) is 0.902. The Morgan fingerprint density at radius 1 is 1.21 bits per heavy atom. The number of pyridine rings is 1. The minimum absolute atomic E-state index is 0.312. The van der Waals surface area contributed by atoms with Gasteiger partial charge in [0.2, 0.25) is 0 Å². The van der Waals surface area contributed by atoms with Crippen molar-refractivity contribution in [1.82, 2.24) is 4.57 Å². The fourth-order valence-electron chi connectivity index (χ4n) is 1.88. The molecule has 0 saturated carbocycles. The van der Waals surface area contributed by atoms with E-state index in [-0.39, 0.29) is 11.4 Å². The number of hydrogen-bond donors (Lipinski definition) is 1. The molecule has 1 heterocycles. The average Bonchev–Trinajstić information content (AvgIpc) is 2.33. The Morgan fingerprint density at radius 3 is 2.47 bits per heavy atom. The average molecular weight is 261 g/mol.